The Kier molecular flexibility index (Phi) is 7.06. The maximum atomic E-state index is 12.0. The molecule has 1 aromatic rings. The van der Waals surface area contributed by atoms with Crippen LogP contribution in [-0.2, 0) is 15.0 Å². The average Bonchev–Trinajstić information content (AvgIpc) is 2.69. The van der Waals surface area contributed by atoms with Crippen LogP contribution in [0.15, 0.2) is 23.8 Å². The number of hydrogen-bond donors (Lipinski definition) is 1. The van der Waals surface area contributed by atoms with Gasteiger partial charge in [-0.3, -0.25) is 4.79 Å². The monoisotopic (exact) mass is 442 g/mol. The first-order chi connectivity index (χ1) is 15.0. The van der Waals surface area contributed by atoms with Crippen LogP contribution in [0.2, 0.25) is 0 Å². The quantitative estimate of drug-likeness (QED) is 0.281. The van der Waals surface area contributed by atoms with Gasteiger partial charge in [-0.05, 0) is 56.2 Å². The number of unbranched alkanes of at least 4 members (excludes halogenated alkanes) is 3. The van der Waals surface area contributed by atoms with Gasteiger partial charge in [-0.15, -0.1) is 0 Å². The first-order valence-electron chi connectivity index (χ1n) is 11.9. The molecular formula is C27H38O5. The van der Waals surface area contributed by atoms with Crippen molar-refractivity contribution in [1.29, 1.82) is 0 Å². The molecular weight excluding hydrogens is 404 g/mol. The van der Waals surface area contributed by atoms with Crippen LogP contribution in [0.25, 0.3) is 0 Å². The molecule has 0 bridgehead atoms. The van der Waals surface area contributed by atoms with E-state index in [1.165, 1.54) is 26.2 Å². The van der Waals surface area contributed by atoms with E-state index in [1.54, 1.807) is 0 Å². The third-order valence-corrected chi connectivity index (χ3v) is 7.25. The van der Waals surface area contributed by atoms with Gasteiger partial charge in [0.05, 0.1) is 0 Å². The summed E-state index contributed by atoms with van der Waals surface area (Å²) >= 11 is 0. The van der Waals surface area contributed by atoms with E-state index < -0.39 is 11.6 Å². The number of ether oxygens (including phenoxy) is 2. The molecule has 3 rings (SSSR count). The van der Waals surface area contributed by atoms with Crippen LogP contribution < -0.4 is 9.47 Å². The van der Waals surface area contributed by atoms with Gasteiger partial charge in [-0.2, -0.15) is 0 Å². The van der Waals surface area contributed by atoms with Crippen molar-refractivity contribution >= 4 is 11.9 Å². The van der Waals surface area contributed by atoms with E-state index in [4.69, 9.17) is 9.47 Å². The maximum Gasteiger partial charge on any atom is 0.331 e. The molecule has 2 atom stereocenters. The molecule has 0 saturated carbocycles. The van der Waals surface area contributed by atoms with Crippen LogP contribution in [0.4, 0.5) is 0 Å². The minimum absolute atomic E-state index is 0.0686. The normalized spacial score (nSPS) is 21.6. The van der Waals surface area contributed by atoms with E-state index >= 15 is 0 Å². The Morgan fingerprint density at radius 3 is 2.56 bits per heavy atom. The van der Waals surface area contributed by atoms with Crippen molar-refractivity contribution in [1.82, 2.24) is 0 Å². The van der Waals surface area contributed by atoms with Gasteiger partial charge >= 0.3 is 11.9 Å². The topological polar surface area (TPSA) is 72.8 Å². The molecule has 0 radical (unpaired) electrons. The number of fused-ring (bicyclic) bond motifs is 3. The molecule has 1 unspecified atom stereocenters. The number of aliphatic carboxylic acids is 1. The highest BCUT2D eigenvalue weighted by molar-refractivity contribution is 5.87. The van der Waals surface area contributed by atoms with E-state index in [-0.39, 0.29) is 23.2 Å². The molecule has 1 aromatic carbocycles. The van der Waals surface area contributed by atoms with Crippen LogP contribution >= 0.6 is 0 Å². The lowest BCUT2D eigenvalue weighted by Crippen LogP contribution is -2.46. The molecule has 0 aromatic heterocycles. The molecule has 1 aliphatic carbocycles. The van der Waals surface area contributed by atoms with E-state index in [1.807, 2.05) is 12.1 Å². The highest BCUT2D eigenvalue weighted by atomic mass is 16.5. The van der Waals surface area contributed by atoms with E-state index in [0.717, 1.165) is 29.7 Å². The largest absolute Gasteiger partial charge is 0.487 e. The fourth-order valence-corrected chi connectivity index (χ4v) is 5.32. The Bertz CT molecular complexity index is 909. The van der Waals surface area contributed by atoms with Crippen LogP contribution in [-0.4, -0.2) is 22.6 Å². The third-order valence-electron chi connectivity index (χ3n) is 7.25. The molecule has 5 nitrogen and oxygen atoms in total. The van der Waals surface area contributed by atoms with Crippen LogP contribution in [0.3, 0.4) is 0 Å². The first kappa shape index (κ1) is 24.3. The number of hydrogen-bond acceptors (Lipinski definition) is 4. The molecule has 2 aliphatic rings. The summed E-state index contributed by atoms with van der Waals surface area (Å²) in [6.07, 6.45) is 8.68. The minimum atomic E-state index is -0.881. The number of benzene rings is 1. The molecule has 1 aliphatic heterocycles. The highest BCUT2D eigenvalue weighted by Crippen LogP contribution is 2.55. The lowest BCUT2D eigenvalue weighted by Gasteiger charge is -2.47. The van der Waals surface area contributed by atoms with Crippen LogP contribution in [0.1, 0.15) is 104 Å². The zero-order chi connectivity index (χ0) is 23.7. The van der Waals surface area contributed by atoms with Crippen molar-refractivity contribution in [3.05, 3.63) is 34.9 Å². The molecule has 1 N–H and O–H groups in total. The maximum absolute atomic E-state index is 12.0. The summed E-state index contributed by atoms with van der Waals surface area (Å²) in [6.45, 7) is 12.2. The number of rotatable bonds is 8. The fourth-order valence-electron chi connectivity index (χ4n) is 5.32. The van der Waals surface area contributed by atoms with E-state index in [0.29, 0.717) is 24.2 Å². The van der Waals surface area contributed by atoms with Gasteiger partial charge < -0.3 is 14.6 Å². The standard InChI is InChI=1S/C27H38O5/c1-7-8-9-10-13-26(3,4)19-15-22(31-17(2)28)24-20-14-18(25(29)30)11-12-21(20)27(5,6)32-23(24)16-19/h11,15-16,20-21H,7-10,12-14H2,1-6H3,(H,29,30)/t20?,21-/m1/s1. The zero-order valence-electron chi connectivity index (χ0n) is 20.4. The second-order valence-electron chi connectivity index (χ2n) is 10.6. The Labute approximate surface area is 192 Å². The Hall–Kier alpha value is -2.30. The minimum Gasteiger partial charge on any atom is -0.487 e. The molecule has 0 fully saturated rings. The summed E-state index contributed by atoms with van der Waals surface area (Å²) in [5, 5.41) is 9.61. The smallest absolute Gasteiger partial charge is 0.331 e. The third kappa shape index (κ3) is 5.02. The second kappa shape index (κ2) is 9.29. The molecule has 0 saturated heterocycles. The lowest BCUT2D eigenvalue weighted by molar-refractivity contribution is -0.134. The van der Waals surface area contributed by atoms with Crippen molar-refractivity contribution in [2.75, 3.05) is 0 Å². The molecule has 32 heavy (non-hydrogen) atoms. The average molecular weight is 443 g/mol. The number of carbonyl (C=O) groups is 2. The molecule has 5 heteroatoms. The second-order valence-corrected chi connectivity index (χ2v) is 10.6. The number of carboxylic acid groups (broad SMARTS) is 1. The highest BCUT2D eigenvalue weighted by Gasteiger charge is 2.47. The van der Waals surface area contributed by atoms with Crippen molar-refractivity contribution < 1.29 is 24.2 Å². The summed E-state index contributed by atoms with van der Waals surface area (Å²) in [7, 11) is 0. The van der Waals surface area contributed by atoms with Gasteiger partial charge in [-0.25, -0.2) is 4.79 Å². The van der Waals surface area contributed by atoms with Gasteiger partial charge in [0.1, 0.15) is 17.1 Å². The Morgan fingerprint density at radius 1 is 1.22 bits per heavy atom. The van der Waals surface area contributed by atoms with Crippen molar-refractivity contribution in [2.24, 2.45) is 5.92 Å². The van der Waals surface area contributed by atoms with Gasteiger partial charge in [0, 0.05) is 29.9 Å². The summed E-state index contributed by atoms with van der Waals surface area (Å²) in [6, 6.07) is 4.08. The predicted molar refractivity (Wildman–Crippen MR) is 125 cm³/mol. The summed E-state index contributed by atoms with van der Waals surface area (Å²) in [5.41, 5.74) is 1.80. The zero-order valence-corrected chi connectivity index (χ0v) is 20.4. The summed E-state index contributed by atoms with van der Waals surface area (Å²) in [4.78, 5) is 23.7. The van der Waals surface area contributed by atoms with E-state index in [9.17, 15) is 14.7 Å². The fraction of sp³-hybridized carbons (Fsp3) is 0.630. The van der Waals surface area contributed by atoms with Crippen LogP contribution in [0, 0.1) is 5.92 Å². The van der Waals surface area contributed by atoms with Crippen molar-refractivity contribution in [3.8, 4) is 11.5 Å². The predicted octanol–water partition coefficient (Wildman–Crippen LogP) is 6.54. The Morgan fingerprint density at radius 2 is 1.94 bits per heavy atom. The van der Waals surface area contributed by atoms with Gasteiger partial charge in [0.15, 0.2) is 0 Å². The van der Waals surface area contributed by atoms with Crippen molar-refractivity contribution in [3.63, 3.8) is 0 Å². The van der Waals surface area contributed by atoms with Gasteiger partial charge in [0.2, 0.25) is 0 Å². The number of allylic oxidation sites excluding steroid dienone is 1. The SMILES string of the molecule is CCCCCCC(C)(C)c1cc(OC(C)=O)c2c(c1)OC(C)(C)[C@@H]1CC=C(C(=O)O)CC21. The lowest BCUT2D eigenvalue weighted by atomic mass is 9.66. The molecule has 1 heterocycles. The number of esters is 1. The number of carbonyl (C=O) groups excluding carboxylic acids is 1. The Balaban J connectivity index is 2.06. The number of carboxylic acids is 1. The van der Waals surface area contributed by atoms with Crippen molar-refractivity contribution in [2.45, 2.75) is 103 Å². The molecule has 176 valence electrons. The molecule has 0 amide bonds. The summed E-state index contributed by atoms with van der Waals surface area (Å²) < 4.78 is 12.2. The summed E-state index contributed by atoms with van der Waals surface area (Å²) in [5.74, 6) is 0.0211. The first-order valence-corrected chi connectivity index (χ1v) is 11.9. The van der Waals surface area contributed by atoms with E-state index in [2.05, 4.69) is 40.7 Å². The van der Waals surface area contributed by atoms with Crippen LogP contribution in [0.5, 0.6) is 11.5 Å². The van der Waals surface area contributed by atoms with Gasteiger partial charge in [0.25, 0.3) is 0 Å². The molecule has 0 spiro atoms. The van der Waals surface area contributed by atoms with Gasteiger partial charge in [-0.1, -0.05) is 52.5 Å².